The van der Waals surface area contributed by atoms with Gasteiger partial charge in [0.15, 0.2) is 0 Å². The molecule has 1 aliphatic carbocycles. The molecule has 2 amide bonds. The molecule has 0 aromatic carbocycles. The maximum atomic E-state index is 12.4. The van der Waals surface area contributed by atoms with Gasteiger partial charge in [-0.1, -0.05) is 34.2 Å². The van der Waals surface area contributed by atoms with Crippen LogP contribution >= 0.6 is 15.9 Å². The van der Waals surface area contributed by atoms with Crippen LogP contribution < -0.4 is 10.6 Å². The van der Waals surface area contributed by atoms with Crippen molar-refractivity contribution >= 4 is 27.7 Å². The van der Waals surface area contributed by atoms with Gasteiger partial charge in [-0.05, 0) is 19.9 Å². The van der Waals surface area contributed by atoms with Crippen LogP contribution in [0.5, 0.6) is 0 Å². The Morgan fingerprint density at radius 3 is 2.90 bits per heavy atom. The van der Waals surface area contributed by atoms with Crippen LogP contribution in [0.4, 0.5) is 0 Å². The van der Waals surface area contributed by atoms with Crippen molar-refractivity contribution in [2.45, 2.75) is 18.9 Å². The number of nitrogens with one attached hydrogen (secondary N) is 2. The van der Waals surface area contributed by atoms with Crippen LogP contribution in [0.1, 0.15) is 12.8 Å². The minimum Gasteiger partial charge on any atom is -0.343 e. The molecule has 1 aliphatic rings. The lowest BCUT2D eigenvalue weighted by Crippen LogP contribution is -2.52. The van der Waals surface area contributed by atoms with Crippen LogP contribution in [-0.2, 0) is 14.4 Å². The Bertz CT molecular complexity index is 437. The van der Waals surface area contributed by atoms with Crippen LogP contribution in [0.2, 0.25) is 0 Å². The van der Waals surface area contributed by atoms with E-state index in [0.717, 1.165) is 22.4 Å². The second-order valence-corrected chi connectivity index (χ2v) is 5.70. The molecule has 0 aliphatic heterocycles. The third kappa shape index (κ3) is 5.61. The molecule has 0 fully saturated rings. The third-order valence-corrected chi connectivity index (χ3v) is 3.86. The summed E-state index contributed by atoms with van der Waals surface area (Å²) in [5.41, 5.74) is 0. The number of hydrogen-bond acceptors (Lipinski definition) is 4. The molecule has 0 spiro atoms. The van der Waals surface area contributed by atoms with Gasteiger partial charge in [0.05, 0.1) is 13.7 Å². The fourth-order valence-corrected chi connectivity index (χ4v) is 2.48. The molecule has 0 aromatic heterocycles. The molecule has 2 unspecified atom stereocenters. The van der Waals surface area contributed by atoms with Gasteiger partial charge in [-0.15, -0.1) is 0 Å². The van der Waals surface area contributed by atoms with E-state index in [2.05, 4.69) is 26.6 Å². The quantitative estimate of drug-likeness (QED) is 0.693. The minimum absolute atomic E-state index is 0.0813. The van der Waals surface area contributed by atoms with E-state index in [1.165, 1.54) is 14.2 Å². The molecule has 21 heavy (non-hydrogen) atoms. The molecule has 118 valence electrons. The first-order valence-electron chi connectivity index (χ1n) is 6.79. The number of carbonyl (C=O) groups is 2. The van der Waals surface area contributed by atoms with Crippen molar-refractivity contribution in [3.8, 4) is 0 Å². The van der Waals surface area contributed by atoms with Gasteiger partial charge in [-0.3, -0.25) is 14.4 Å². The van der Waals surface area contributed by atoms with Gasteiger partial charge >= 0.3 is 0 Å². The van der Waals surface area contributed by atoms with E-state index in [-0.39, 0.29) is 24.3 Å². The second kappa shape index (κ2) is 8.96. The fraction of sp³-hybridized carbons (Fsp3) is 0.571. The highest BCUT2D eigenvalue weighted by atomic mass is 79.9. The third-order valence-electron chi connectivity index (χ3n) is 3.27. The molecule has 0 radical (unpaired) electrons. The maximum Gasteiger partial charge on any atom is 0.268 e. The molecular weight excluding hydrogens is 338 g/mol. The number of hydrogen-bond donors (Lipinski definition) is 2. The number of halogens is 1. The largest absolute Gasteiger partial charge is 0.343 e. The first-order valence-corrected chi connectivity index (χ1v) is 7.58. The Labute approximate surface area is 133 Å². The van der Waals surface area contributed by atoms with Crippen molar-refractivity contribution in [2.24, 2.45) is 5.92 Å². The number of allylic oxidation sites excluding steroid dienone is 3. The molecule has 1 rings (SSSR count). The topological polar surface area (TPSA) is 70.7 Å². The summed E-state index contributed by atoms with van der Waals surface area (Å²) in [4.78, 5) is 29.2. The molecule has 0 bridgehead atoms. The Hall–Kier alpha value is -1.18. The number of amides is 2. The Balaban J connectivity index is 2.88. The molecule has 0 heterocycles. The van der Waals surface area contributed by atoms with Gasteiger partial charge in [-0.25, -0.2) is 5.06 Å². The summed E-state index contributed by atoms with van der Waals surface area (Å²) in [6, 6.07) is -0.640. The highest BCUT2D eigenvalue weighted by molar-refractivity contribution is 9.11. The lowest BCUT2D eigenvalue weighted by molar-refractivity contribution is -0.172. The summed E-state index contributed by atoms with van der Waals surface area (Å²) < 4.78 is 0.984. The molecule has 2 atom stereocenters. The van der Waals surface area contributed by atoms with Crippen molar-refractivity contribution in [1.29, 1.82) is 0 Å². The molecule has 7 heteroatoms. The lowest BCUT2D eigenvalue weighted by Gasteiger charge is -2.27. The fourth-order valence-electron chi connectivity index (χ4n) is 2.09. The number of hydroxylamine groups is 2. The standard InChI is InChI=1S/C14H22BrN3O3/c1-16-9-12(19)17-13(14(20)18(2)21-3)10-5-4-6-11(15)8-7-10/h6-8,10,13,16H,4-5,9H2,1-3H3,(H,17,19). The zero-order valence-electron chi connectivity index (χ0n) is 12.6. The van der Waals surface area contributed by atoms with E-state index in [1.807, 2.05) is 18.2 Å². The number of nitrogens with zero attached hydrogens (tertiary/aromatic N) is 1. The maximum absolute atomic E-state index is 12.4. The zero-order chi connectivity index (χ0) is 15.8. The summed E-state index contributed by atoms with van der Waals surface area (Å²) in [5.74, 6) is -0.568. The average molecular weight is 360 g/mol. The van der Waals surface area contributed by atoms with E-state index in [0.29, 0.717) is 0 Å². The number of carbonyl (C=O) groups excluding carboxylic acids is 2. The van der Waals surface area contributed by atoms with Crippen molar-refractivity contribution in [1.82, 2.24) is 15.7 Å². The minimum atomic E-state index is -0.640. The van der Waals surface area contributed by atoms with Crippen molar-refractivity contribution in [3.63, 3.8) is 0 Å². The van der Waals surface area contributed by atoms with Crippen molar-refractivity contribution in [3.05, 3.63) is 22.7 Å². The zero-order valence-corrected chi connectivity index (χ0v) is 14.1. The van der Waals surface area contributed by atoms with E-state index < -0.39 is 6.04 Å². The molecule has 0 saturated heterocycles. The van der Waals surface area contributed by atoms with E-state index in [9.17, 15) is 9.59 Å². The van der Waals surface area contributed by atoms with Gasteiger partial charge in [0.2, 0.25) is 5.91 Å². The van der Waals surface area contributed by atoms with Crippen LogP contribution in [0.15, 0.2) is 22.7 Å². The predicted octanol–water partition coefficient (Wildman–Crippen LogP) is 0.955. The van der Waals surface area contributed by atoms with Gasteiger partial charge in [0.25, 0.3) is 5.91 Å². The van der Waals surface area contributed by atoms with Crippen molar-refractivity contribution in [2.75, 3.05) is 27.7 Å². The van der Waals surface area contributed by atoms with E-state index in [1.54, 1.807) is 7.05 Å². The summed E-state index contributed by atoms with van der Waals surface area (Å²) in [5, 5.41) is 6.70. The summed E-state index contributed by atoms with van der Waals surface area (Å²) in [6.07, 6.45) is 7.52. The van der Waals surface area contributed by atoms with Gasteiger partial charge in [0, 0.05) is 17.4 Å². The van der Waals surface area contributed by atoms with E-state index in [4.69, 9.17) is 4.84 Å². The first kappa shape index (κ1) is 17.9. The van der Waals surface area contributed by atoms with Gasteiger partial charge in [0.1, 0.15) is 6.04 Å². The summed E-state index contributed by atoms with van der Waals surface area (Å²) >= 11 is 3.43. The Morgan fingerprint density at radius 2 is 2.29 bits per heavy atom. The van der Waals surface area contributed by atoms with Crippen LogP contribution in [-0.4, -0.2) is 50.7 Å². The Morgan fingerprint density at radius 1 is 1.57 bits per heavy atom. The smallest absolute Gasteiger partial charge is 0.268 e. The van der Waals surface area contributed by atoms with E-state index >= 15 is 0 Å². The highest BCUT2D eigenvalue weighted by Gasteiger charge is 2.30. The van der Waals surface area contributed by atoms with Gasteiger partial charge < -0.3 is 10.6 Å². The molecule has 6 nitrogen and oxygen atoms in total. The Kier molecular flexibility index (Phi) is 7.63. The summed E-state index contributed by atoms with van der Waals surface area (Å²) in [7, 11) is 4.64. The van der Waals surface area contributed by atoms with Gasteiger partial charge in [-0.2, -0.15) is 0 Å². The SMILES string of the molecule is CNCC(=O)NC(C(=O)N(C)OC)C1C=CC(Br)=CCC1. The van der Waals surface area contributed by atoms with Crippen molar-refractivity contribution < 1.29 is 14.4 Å². The monoisotopic (exact) mass is 359 g/mol. The van der Waals surface area contributed by atoms with Crippen LogP contribution in [0.25, 0.3) is 0 Å². The first-order chi connectivity index (χ1) is 9.99. The number of rotatable bonds is 6. The lowest BCUT2D eigenvalue weighted by atomic mass is 9.94. The highest BCUT2D eigenvalue weighted by Crippen LogP contribution is 2.23. The predicted molar refractivity (Wildman–Crippen MR) is 84.5 cm³/mol. The van der Waals surface area contributed by atoms with Crippen LogP contribution in [0.3, 0.4) is 0 Å². The second-order valence-electron chi connectivity index (χ2n) is 4.78. The molecule has 2 N–H and O–H groups in total. The molecule has 0 aromatic rings. The summed E-state index contributed by atoms with van der Waals surface area (Å²) in [6.45, 7) is 0.166. The normalized spacial score (nSPS) is 19.4. The average Bonchev–Trinajstić information content (AvgIpc) is 2.68. The van der Waals surface area contributed by atoms with Crippen LogP contribution in [0, 0.1) is 5.92 Å². The molecule has 0 saturated carbocycles. The number of likely N-dealkylation sites (N-methyl/N-ethyl adjacent to an activating group) is 2. The molecular formula is C14H22BrN3O3.